The fourth-order valence-electron chi connectivity index (χ4n) is 1.86. The molecule has 0 bridgehead atoms. The van der Waals surface area contributed by atoms with Gasteiger partial charge in [-0.05, 0) is 38.6 Å². The van der Waals surface area contributed by atoms with Gasteiger partial charge in [0, 0.05) is 18.5 Å². The predicted molar refractivity (Wildman–Crippen MR) is 51.4 cm³/mol. The van der Waals surface area contributed by atoms with Gasteiger partial charge >= 0.3 is 0 Å². The summed E-state index contributed by atoms with van der Waals surface area (Å²) in [6, 6.07) is 0.652. The van der Waals surface area contributed by atoms with Crippen molar-refractivity contribution in [2.75, 3.05) is 13.1 Å². The standard InChI is InChI=1S/C10H18N2O/c13-10(8-3-4-8)12-7-5-9-2-1-6-11-9/h8-9,11H,1-7H2,(H,12,13)/t9-/m1/s1. The number of carbonyl (C=O) groups excluding carboxylic acids is 1. The van der Waals surface area contributed by atoms with Gasteiger partial charge in [0.25, 0.3) is 0 Å². The van der Waals surface area contributed by atoms with E-state index in [0.29, 0.717) is 12.0 Å². The summed E-state index contributed by atoms with van der Waals surface area (Å²) < 4.78 is 0. The molecule has 0 aromatic heterocycles. The minimum absolute atomic E-state index is 0.276. The highest BCUT2D eigenvalue weighted by Crippen LogP contribution is 2.28. The van der Waals surface area contributed by atoms with Crippen LogP contribution in [0.5, 0.6) is 0 Å². The van der Waals surface area contributed by atoms with Crippen molar-refractivity contribution >= 4 is 5.91 Å². The highest BCUT2D eigenvalue weighted by atomic mass is 16.2. The molecule has 0 aromatic carbocycles. The van der Waals surface area contributed by atoms with Gasteiger partial charge in [-0.15, -0.1) is 0 Å². The fourth-order valence-corrected chi connectivity index (χ4v) is 1.86. The van der Waals surface area contributed by atoms with Gasteiger partial charge in [-0.1, -0.05) is 0 Å². The first kappa shape index (κ1) is 9.00. The van der Waals surface area contributed by atoms with Crippen LogP contribution in [0.1, 0.15) is 32.1 Å². The van der Waals surface area contributed by atoms with Crippen LogP contribution >= 0.6 is 0 Å². The van der Waals surface area contributed by atoms with Crippen LogP contribution in [0.2, 0.25) is 0 Å². The molecule has 0 spiro atoms. The van der Waals surface area contributed by atoms with Crippen LogP contribution in [0.15, 0.2) is 0 Å². The smallest absolute Gasteiger partial charge is 0.223 e. The largest absolute Gasteiger partial charge is 0.356 e. The van der Waals surface area contributed by atoms with Crippen molar-refractivity contribution in [1.29, 1.82) is 0 Å². The molecule has 1 aliphatic heterocycles. The van der Waals surface area contributed by atoms with Crippen LogP contribution in [0.4, 0.5) is 0 Å². The summed E-state index contributed by atoms with van der Waals surface area (Å²) in [6.45, 7) is 2.01. The molecule has 1 saturated heterocycles. The monoisotopic (exact) mass is 182 g/mol. The third kappa shape index (κ3) is 2.69. The molecule has 1 heterocycles. The lowest BCUT2D eigenvalue weighted by Crippen LogP contribution is -2.31. The zero-order chi connectivity index (χ0) is 9.10. The van der Waals surface area contributed by atoms with Crippen LogP contribution in [0.25, 0.3) is 0 Å². The zero-order valence-corrected chi connectivity index (χ0v) is 8.01. The van der Waals surface area contributed by atoms with Crippen molar-refractivity contribution in [2.24, 2.45) is 5.92 Å². The van der Waals surface area contributed by atoms with Gasteiger partial charge in [-0.25, -0.2) is 0 Å². The third-order valence-electron chi connectivity index (χ3n) is 2.90. The van der Waals surface area contributed by atoms with E-state index in [-0.39, 0.29) is 5.91 Å². The van der Waals surface area contributed by atoms with Crippen molar-refractivity contribution in [3.05, 3.63) is 0 Å². The summed E-state index contributed by atoms with van der Waals surface area (Å²) in [6.07, 6.45) is 5.88. The number of carbonyl (C=O) groups is 1. The van der Waals surface area contributed by atoms with Gasteiger partial charge in [0.15, 0.2) is 0 Å². The highest BCUT2D eigenvalue weighted by Gasteiger charge is 2.29. The van der Waals surface area contributed by atoms with Crippen LogP contribution < -0.4 is 10.6 Å². The van der Waals surface area contributed by atoms with Gasteiger partial charge < -0.3 is 10.6 Å². The van der Waals surface area contributed by atoms with E-state index in [9.17, 15) is 4.79 Å². The van der Waals surface area contributed by atoms with Crippen molar-refractivity contribution in [2.45, 2.75) is 38.1 Å². The van der Waals surface area contributed by atoms with E-state index in [2.05, 4.69) is 10.6 Å². The molecule has 0 aromatic rings. The SMILES string of the molecule is O=C(NCC[C@H]1CCCN1)C1CC1. The Morgan fingerprint density at radius 1 is 1.38 bits per heavy atom. The molecule has 2 N–H and O–H groups in total. The Balaban J connectivity index is 1.54. The van der Waals surface area contributed by atoms with Gasteiger partial charge in [0.1, 0.15) is 0 Å². The van der Waals surface area contributed by atoms with Crippen molar-refractivity contribution in [3.63, 3.8) is 0 Å². The summed E-state index contributed by atoms with van der Waals surface area (Å²) in [5, 5.41) is 6.42. The molecule has 1 amide bonds. The first-order valence-electron chi connectivity index (χ1n) is 5.37. The van der Waals surface area contributed by atoms with Gasteiger partial charge in [-0.3, -0.25) is 4.79 Å². The maximum atomic E-state index is 11.2. The average Bonchev–Trinajstić information content (AvgIpc) is 2.86. The predicted octanol–water partition coefficient (Wildman–Crippen LogP) is 0.655. The topological polar surface area (TPSA) is 41.1 Å². The summed E-state index contributed by atoms with van der Waals surface area (Å²) in [5.74, 6) is 0.634. The maximum absolute atomic E-state index is 11.2. The van der Waals surface area contributed by atoms with E-state index in [1.54, 1.807) is 0 Å². The lowest BCUT2D eigenvalue weighted by Gasteiger charge is -2.10. The van der Waals surface area contributed by atoms with Gasteiger partial charge in [0.2, 0.25) is 5.91 Å². The minimum Gasteiger partial charge on any atom is -0.356 e. The van der Waals surface area contributed by atoms with Crippen LogP contribution in [-0.4, -0.2) is 25.0 Å². The first-order chi connectivity index (χ1) is 6.36. The van der Waals surface area contributed by atoms with Crippen LogP contribution in [-0.2, 0) is 4.79 Å². The number of hydrogen-bond acceptors (Lipinski definition) is 2. The Bertz CT molecular complexity index is 183. The Hall–Kier alpha value is -0.570. The van der Waals surface area contributed by atoms with Crippen molar-refractivity contribution < 1.29 is 4.79 Å². The average molecular weight is 182 g/mol. The number of amides is 1. The number of nitrogens with one attached hydrogen (secondary N) is 2. The Kier molecular flexibility index (Phi) is 2.83. The summed E-state index contributed by atoms with van der Waals surface area (Å²) in [7, 11) is 0. The van der Waals surface area contributed by atoms with Crippen molar-refractivity contribution in [1.82, 2.24) is 10.6 Å². The lowest BCUT2D eigenvalue weighted by atomic mass is 10.1. The molecular formula is C10H18N2O. The molecule has 2 aliphatic rings. The van der Waals surface area contributed by atoms with Crippen molar-refractivity contribution in [3.8, 4) is 0 Å². The maximum Gasteiger partial charge on any atom is 0.223 e. The quantitative estimate of drug-likeness (QED) is 0.670. The molecule has 2 fully saturated rings. The second-order valence-electron chi connectivity index (χ2n) is 4.15. The van der Waals surface area contributed by atoms with E-state index >= 15 is 0 Å². The number of rotatable bonds is 4. The zero-order valence-electron chi connectivity index (χ0n) is 8.01. The molecular weight excluding hydrogens is 164 g/mol. The van der Waals surface area contributed by atoms with Gasteiger partial charge in [-0.2, -0.15) is 0 Å². The third-order valence-corrected chi connectivity index (χ3v) is 2.90. The molecule has 3 nitrogen and oxygen atoms in total. The molecule has 74 valence electrons. The molecule has 1 saturated carbocycles. The highest BCUT2D eigenvalue weighted by molar-refractivity contribution is 5.80. The van der Waals surface area contributed by atoms with E-state index in [1.807, 2.05) is 0 Å². The van der Waals surface area contributed by atoms with Gasteiger partial charge in [0.05, 0.1) is 0 Å². The summed E-state index contributed by atoms with van der Waals surface area (Å²) >= 11 is 0. The first-order valence-corrected chi connectivity index (χ1v) is 5.37. The Labute approximate surface area is 79.3 Å². The molecule has 0 unspecified atom stereocenters. The van der Waals surface area contributed by atoms with E-state index in [1.165, 1.54) is 12.8 Å². The Morgan fingerprint density at radius 3 is 2.85 bits per heavy atom. The molecule has 2 rings (SSSR count). The summed E-state index contributed by atoms with van der Waals surface area (Å²) in [4.78, 5) is 11.2. The van der Waals surface area contributed by atoms with Crippen LogP contribution in [0.3, 0.4) is 0 Å². The van der Waals surface area contributed by atoms with Crippen LogP contribution in [0, 0.1) is 5.92 Å². The van der Waals surface area contributed by atoms with E-state index in [4.69, 9.17) is 0 Å². The molecule has 1 aliphatic carbocycles. The fraction of sp³-hybridized carbons (Fsp3) is 0.900. The molecule has 1 atom stereocenters. The molecule has 0 radical (unpaired) electrons. The second kappa shape index (κ2) is 4.09. The molecule has 3 heteroatoms. The molecule has 13 heavy (non-hydrogen) atoms. The van der Waals surface area contributed by atoms with E-state index in [0.717, 1.165) is 32.4 Å². The number of hydrogen-bond donors (Lipinski definition) is 2. The second-order valence-corrected chi connectivity index (χ2v) is 4.15. The normalized spacial score (nSPS) is 27.5. The lowest BCUT2D eigenvalue weighted by molar-refractivity contribution is -0.122. The summed E-state index contributed by atoms with van der Waals surface area (Å²) in [5.41, 5.74) is 0. The minimum atomic E-state index is 0.276. The van der Waals surface area contributed by atoms with E-state index < -0.39 is 0 Å². The Morgan fingerprint density at radius 2 is 2.23 bits per heavy atom.